The lowest BCUT2D eigenvalue weighted by molar-refractivity contribution is 0.824. The number of fused-ring (bicyclic) bond motifs is 8. The van der Waals surface area contributed by atoms with E-state index in [0.717, 1.165) is 13.0 Å². The number of hydrogen-bond acceptors (Lipinski definition) is 0. The maximum absolute atomic E-state index is 2.52. The zero-order valence-electron chi connectivity index (χ0n) is 14.8. The van der Waals surface area contributed by atoms with Crippen molar-refractivity contribution in [2.75, 3.05) is 0 Å². The second-order valence-corrected chi connectivity index (χ2v) is 7.28. The van der Waals surface area contributed by atoms with Crippen molar-refractivity contribution in [2.45, 2.75) is 19.9 Å². The highest BCUT2D eigenvalue weighted by Crippen LogP contribution is 2.43. The average molecular weight is 333 g/mol. The number of rotatable bonds is 1. The molecule has 5 aromatic rings. The summed E-state index contributed by atoms with van der Waals surface area (Å²) in [7, 11) is 0. The van der Waals surface area contributed by atoms with Gasteiger partial charge in [-0.15, -0.1) is 0 Å². The van der Waals surface area contributed by atoms with E-state index in [-0.39, 0.29) is 0 Å². The molecule has 0 fully saturated rings. The van der Waals surface area contributed by atoms with Crippen LogP contribution >= 0.6 is 0 Å². The molecular weight excluding hydrogens is 314 g/mol. The Bertz CT molecular complexity index is 1340. The van der Waals surface area contributed by atoms with Crippen LogP contribution in [0.3, 0.4) is 0 Å². The van der Waals surface area contributed by atoms with Crippen molar-refractivity contribution in [3.63, 3.8) is 0 Å². The topological polar surface area (TPSA) is 4.93 Å². The predicted octanol–water partition coefficient (Wildman–Crippen LogP) is 6.54. The highest BCUT2D eigenvalue weighted by Gasteiger charge is 2.23. The molecule has 1 heteroatoms. The third-order valence-corrected chi connectivity index (χ3v) is 5.99. The van der Waals surface area contributed by atoms with Crippen LogP contribution < -0.4 is 0 Å². The minimum absolute atomic E-state index is 0.991. The molecule has 0 spiro atoms. The van der Waals surface area contributed by atoms with E-state index in [9.17, 15) is 0 Å². The predicted molar refractivity (Wildman–Crippen MR) is 111 cm³/mol. The van der Waals surface area contributed by atoms with Crippen LogP contribution in [0.5, 0.6) is 0 Å². The van der Waals surface area contributed by atoms with Crippen molar-refractivity contribution in [1.29, 1.82) is 0 Å². The van der Waals surface area contributed by atoms with Crippen LogP contribution in [0.25, 0.3) is 43.7 Å². The summed E-state index contributed by atoms with van der Waals surface area (Å²) < 4.78 is 2.52. The highest BCUT2D eigenvalue weighted by atomic mass is 15.0. The fourth-order valence-corrected chi connectivity index (χ4v) is 4.84. The fraction of sp³-hybridized carbons (Fsp3) is 0.120. The third kappa shape index (κ3) is 1.70. The van der Waals surface area contributed by atoms with Crippen LogP contribution in [0.4, 0.5) is 0 Å². The second kappa shape index (κ2) is 4.98. The van der Waals surface area contributed by atoms with Crippen LogP contribution in [-0.2, 0) is 13.0 Å². The quantitative estimate of drug-likeness (QED) is 0.322. The van der Waals surface area contributed by atoms with Crippen molar-refractivity contribution in [3.05, 3.63) is 83.9 Å². The fourth-order valence-electron chi connectivity index (χ4n) is 4.84. The lowest BCUT2D eigenvalue weighted by atomic mass is 10.0. The number of aromatic nitrogens is 1. The molecule has 0 bridgehead atoms. The van der Waals surface area contributed by atoms with E-state index in [4.69, 9.17) is 0 Å². The van der Waals surface area contributed by atoms with E-state index in [0.29, 0.717) is 0 Å². The van der Waals surface area contributed by atoms with Crippen LogP contribution in [-0.4, -0.2) is 4.57 Å². The molecule has 0 unspecified atom stereocenters. The van der Waals surface area contributed by atoms with E-state index < -0.39 is 0 Å². The Kier molecular flexibility index (Phi) is 2.71. The summed E-state index contributed by atoms with van der Waals surface area (Å²) in [4.78, 5) is 0. The van der Waals surface area contributed by atoms with Crippen molar-refractivity contribution in [2.24, 2.45) is 0 Å². The summed E-state index contributed by atoms with van der Waals surface area (Å²) in [5, 5.41) is 5.40. The molecule has 1 aromatic heterocycles. The molecule has 0 saturated heterocycles. The first-order chi connectivity index (χ1) is 12.8. The Labute approximate surface area is 152 Å². The number of nitrogens with zero attached hydrogens (tertiary/aromatic N) is 1. The van der Waals surface area contributed by atoms with E-state index in [1.165, 1.54) is 54.8 Å². The highest BCUT2D eigenvalue weighted by molar-refractivity contribution is 6.14. The molecule has 1 nitrogen and oxygen atoms in total. The Morgan fingerprint density at radius 1 is 0.769 bits per heavy atom. The van der Waals surface area contributed by atoms with Gasteiger partial charge in [0.25, 0.3) is 0 Å². The molecule has 124 valence electrons. The number of benzene rings is 4. The molecule has 1 heterocycles. The largest absolute Gasteiger partial charge is 0.340 e. The second-order valence-electron chi connectivity index (χ2n) is 7.28. The summed E-state index contributed by atoms with van der Waals surface area (Å²) in [5.41, 5.74) is 8.54. The van der Waals surface area contributed by atoms with Crippen molar-refractivity contribution < 1.29 is 0 Å². The minimum atomic E-state index is 0.991. The van der Waals surface area contributed by atoms with Gasteiger partial charge in [0.05, 0.1) is 5.52 Å². The summed E-state index contributed by atoms with van der Waals surface area (Å²) in [6, 6.07) is 26.9. The smallest absolute Gasteiger partial charge is 0.0533 e. The van der Waals surface area contributed by atoms with E-state index in [1.807, 2.05) is 0 Å². The van der Waals surface area contributed by atoms with Crippen molar-refractivity contribution in [1.82, 2.24) is 4.57 Å². The van der Waals surface area contributed by atoms with Gasteiger partial charge in [0.15, 0.2) is 0 Å². The molecule has 0 aliphatic heterocycles. The molecule has 4 aromatic carbocycles. The lowest BCUT2D eigenvalue weighted by Gasteiger charge is -2.08. The number of aryl methyl sites for hydroxylation is 1. The van der Waals surface area contributed by atoms with Gasteiger partial charge in [0.1, 0.15) is 0 Å². The van der Waals surface area contributed by atoms with Crippen LogP contribution in [0.15, 0.2) is 72.8 Å². The van der Waals surface area contributed by atoms with E-state index in [2.05, 4.69) is 84.3 Å². The maximum atomic E-state index is 2.52. The van der Waals surface area contributed by atoms with Gasteiger partial charge in [0, 0.05) is 29.3 Å². The molecule has 0 radical (unpaired) electrons. The number of hydrogen-bond donors (Lipinski definition) is 0. The first-order valence-electron chi connectivity index (χ1n) is 9.40. The average Bonchev–Trinajstić information content (AvgIpc) is 3.21. The van der Waals surface area contributed by atoms with Crippen LogP contribution in [0, 0.1) is 0 Å². The molecule has 26 heavy (non-hydrogen) atoms. The molecular formula is C25H19N. The standard InChI is InChI=1S/C25H19N/c1-2-26-24-15-17-8-4-3-7-16(17)13-22(24)21-12-11-20-19-10-6-5-9-18(19)14-23(20)25(21)26/h3-13,15H,2,14H2,1H3. The molecule has 1 aliphatic carbocycles. The van der Waals surface area contributed by atoms with Crippen molar-refractivity contribution in [3.8, 4) is 11.1 Å². The van der Waals surface area contributed by atoms with Gasteiger partial charge in [-0.1, -0.05) is 60.7 Å². The summed E-state index contributed by atoms with van der Waals surface area (Å²) in [6.45, 7) is 3.25. The van der Waals surface area contributed by atoms with Gasteiger partial charge in [0.2, 0.25) is 0 Å². The molecule has 0 N–H and O–H groups in total. The Balaban J connectivity index is 1.79. The van der Waals surface area contributed by atoms with Crippen molar-refractivity contribution >= 4 is 32.6 Å². The van der Waals surface area contributed by atoms with E-state index in [1.54, 1.807) is 0 Å². The van der Waals surface area contributed by atoms with Crippen LogP contribution in [0.1, 0.15) is 18.1 Å². The normalized spacial score (nSPS) is 12.8. The maximum Gasteiger partial charge on any atom is 0.0533 e. The summed E-state index contributed by atoms with van der Waals surface area (Å²) in [5.74, 6) is 0. The molecule has 0 atom stereocenters. The Hall–Kier alpha value is -3.06. The zero-order chi connectivity index (χ0) is 17.3. The Morgan fingerprint density at radius 3 is 2.38 bits per heavy atom. The third-order valence-electron chi connectivity index (χ3n) is 5.99. The first kappa shape index (κ1) is 14.1. The SMILES string of the molecule is CCn1c2cc3ccccc3cc2c2ccc3c(c21)Cc1ccccc1-3. The lowest BCUT2D eigenvalue weighted by Crippen LogP contribution is -1.96. The molecule has 6 rings (SSSR count). The van der Waals surface area contributed by atoms with Gasteiger partial charge < -0.3 is 4.57 Å². The van der Waals surface area contributed by atoms with Gasteiger partial charge in [-0.3, -0.25) is 0 Å². The monoisotopic (exact) mass is 333 g/mol. The van der Waals surface area contributed by atoms with Gasteiger partial charge >= 0.3 is 0 Å². The molecule has 1 aliphatic rings. The first-order valence-corrected chi connectivity index (χ1v) is 9.40. The van der Waals surface area contributed by atoms with Crippen LogP contribution in [0.2, 0.25) is 0 Å². The van der Waals surface area contributed by atoms with Gasteiger partial charge in [-0.25, -0.2) is 0 Å². The van der Waals surface area contributed by atoms with E-state index >= 15 is 0 Å². The summed E-state index contributed by atoms with van der Waals surface area (Å²) in [6.07, 6.45) is 1.04. The minimum Gasteiger partial charge on any atom is -0.340 e. The Morgan fingerprint density at radius 2 is 1.54 bits per heavy atom. The summed E-state index contributed by atoms with van der Waals surface area (Å²) >= 11 is 0. The molecule has 0 amide bonds. The zero-order valence-corrected chi connectivity index (χ0v) is 14.8. The van der Waals surface area contributed by atoms with Gasteiger partial charge in [-0.05, 0) is 52.1 Å². The molecule has 0 saturated carbocycles. The van der Waals surface area contributed by atoms with Gasteiger partial charge in [-0.2, -0.15) is 0 Å².